The fraction of sp³-hybridized carbons (Fsp3) is 0.314. The molecule has 3 aromatic carbocycles. The van der Waals surface area contributed by atoms with Gasteiger partial charge in [-0.05, 0) is 97.7 Å². The molecule has 1 fully saturated rings. The summed E-state index contributed by atoms with van der Waals surface area (Å²) < 4.78 is 5.69. The molecule has 5 rings (SSSR count). The van der Waals surface area contributed by atoms with Crippen molar-refractivity contribution < 1.29 is 40.5 Å². The van der Waals surface area contributed by atoms with E-state index in [1.807, 2.05) is 44.2 Å². The van der Waals surface area contributed by atoms with Crippen molar-refractivity contribution >= 4 is 52.4 Å². The maximum absolute atomic E-state index is 11.8. The SMILES string of the molecule is CC(=O)OC(C)(C)c1ccccc1CC[C@@H](SCC1CC1)c1cccc(/C=C/c2ccc3ccc(Cl)cc3n2)c1.[H-].[Na+]. The Morgan fingerprint density at radius 1 is 1.07 bits per heavy atom. The van der Waals surface area contributed by atoms with Crippen LogP contribution in [-0.4, -0.2) is 16.7 Å². The van der Waals surface area contributed by atoms with Crippen molar-refractivity contribution in [3.63, 3.8) is 0 Å². The minimum absolute atomic E-state index is 0. The average Bonchev–Trinajstić information content (AvgIpc) is 3.76. The topological polar surface area (TPSA) is 39.2 Å². The summed E-state index contributed by atoms with van der Waals surface area (Å²) in [5.41, 5.74) is 5.98. The molecule has 0 saturated heterocycles. The third-order valence-electron chi connectivity index (χ3n) is 7.38. The molecule has 1 aliphatic rings. The van der Waals surface area contributed by atoms with Crippen LogP contribution < -0.4 is 29.6 Å². The Hall–Kier alpha value is -2.08. The van der Waals surface area contributed by atoms with E-state index >= 15 is 0 Å². The van der Waals surface area contributed by atoms with Crippen molar-refractivity contribution in [3.05, 3.63) is 112 Å². The van der Waals surface area contributed by atoms with E-state index in [9.17, 15) is 4.79 Å². The number of pyridine rings is 1. The Morgan fingerprint density at radius 3 is 2.63 bits per heavy atom. The first-order chi connectivity index (χ1) is 19.3. The number of aryl methyl sites for hydroxylation is 1. The third kappa shape index (κ3) is 8.95. The van der Waals surface area contributed by atoms with Crippen LogP contribution in [0.2, 0.25) is 5.02 Å². The monoisotopic (exact) mass is 593 g/mol. The Morgan fingerprint density at radius 2 is 1.85 bits per heavy atom. The number of ether oxygens (including phenoxy) is 1. The van der Waals surface area contributed by atoms with Crippen LogP contribution >= 0.6 is 23.4 Å². The number of carbonyl (C=O) groups excluding carboxylic acids is 1. The van der Waals surface area contributed by atoms with Gasteiger partial charge in [-0.15, -0.1) is 0 Å². The standard InChI is InChI=1S/C35H36ClNO2S.Na.H/c1-24(38)39-35(2,3)32-10-5-4-8-27(32)16-20-34(40-23-26-11-12-26)29-9-6-7-25(21-29)13-18-31-19-15-28-14-17-30(36)22-33(28)37-31;;/h4-10,13-15,17-19,21-22,26,34H,11-12,16,20,23H2,1-3H3;;/q;+1;-1/b18-13+;;/t34-;;/m1../s1. The van der Waals surface area contributed by atoms with Crippen LogP contribution in [0.3, 0.4) is 0 Å². The average molecular weight is 594 g/mol. The van der Waals surface area contributed by atoms with Gasteiger partial charge in [-0.2, -0.15) is 11.8 Å². The van der Waals surface area contributed by atoms with E-state index in [0.29, 0.717) is 10.3 Å². The molecule has 0 aliphatic heterocycles. The first-order valence-electron chi connectivity index (χ1n) is 14.0. The van der Waals surface area contributed by atoms with Crippen molar-refractivity contribution in [2.75, 3.05) is 5.75 Å². The maximum Gasteiger partial charge on any atom is 1.00 e. The number of halogens is 1. The molecule has 1 aromatic heterocycles. The van der Waals surface area contributed by atoms with Crippen molar-refractivity contribution in [1.29, 1.82) is 0 Å². The molecule has 0 radical (unpaired) electrons. The molecule has 0 unspecified atom stereocenters. The number of hydrogen-bond donors (Lipinski definition) is 0. The molecule has 1 saturated carbocycles. The molecule has 3 nitrogen and oxygen atoms in total. The van der Waals surface area contributed by atoms with Crippen molar-refractivity contribution in [2.45, 2.75) is 57.3 Å². The molecule has 0 amide bonds. The first kappa shape index (κ1) is 31.8. The van der Waals surface area contributed by atoms with E-state index in [0.717, 1.165) is 40.9 Å². The molecular formula is C35H37ClNNaO2S. The second-order valence-corrected chi connectivity index (χ2v) is 12.8. The molecule has 6 heteroatoms. The minimum atomic E-state index is -0.661. The van der Waals surface area contributed by atoms with Crippen LogP contribution in [0.15, 0.2) is 78.9 Å². The minimum Gasteiger partial charge on any atom is -1.00 e. The molecule has 41 heavy (non-hydrogen) atoms. The predicted molar refractivity (Wildman–Crippen MR) is 171 cm³/mol. The Balaban J connectivity index is 0.00000242. The molecule has 1 heterocycles. The van der Waals surface area contributed by atoms with Gasteiger partial charge in [0.05, 0.1) is 11.2 Å². The van der Waals surface area contributed by atoms with Gasteiger partial charge in [0.25, 0.3) is 0 Å². The van der Waals surface area contributed by atoms with Gasteiger partial charge in [-0.25, -0.2) is 4.98 Å². The Labute approximate surface area is 276 Å². The molecule has 4 aromatic rings. The fourth-order valence-corrected chi connectivity index (χ4v) is 6.78. The fourth-order valence-electron chi connectivity index (χ4n) is 5.15. The van der Waals surface area contributed by atoms with Gasteiger partial charge in [-0.3, -0.25) is 4.79 Å². The van der Waals surface area contributed by atoms with Crippen LogP contribution in [0.5, 0.6) is 0 Å². The van der Waals surface area contributed by atoms with E-state index in [4.69, 9.17) is 21.3 Å². The maximum atomic E-state index is 11.8. The summed E-state index contributed by atoms with van der Waals surface area (Å²) in [4.78, 5) is 16.5. The van der Waals surface area contributed by atoms with E-state index in [2.05, 4.69) is 72.4 Å². The Kier molecular flexibility index (Phi) is 11.2. The largest absolute Gasteiger partial charge is 1.00 e. The summed E-state index contributed by atoms with van der Waals surface area (Å²) in [7, 11) is 0. The van der Waals surface area contributed by atoms with Gasteiger partial charge < -0.3 is 6.16 Å². The molecule has 0 N–H and O–H groups in total. The van der Waals surface area contributed by atoms with E-state index in [-0.39, 0.29) is 37.0 Å². The van der Waals surface area contributed by atoms with Gasteiger partial charge >= 0.3 is 35.5 Å². The second kappa shape index (κ2) is 14.4. The molecular weight excluding hydrogens is 557 g/mol. The van der Waals surface area contributed by atoms with Gasteiger partial charge in [0.1, 0.15) is 5.60 Å². The van der Waals surface area contributed by atoms with Gasteiger partial charge in [0.2, 0.25) is 0 Å². The van der Waals surface area contributed by atoms with E-state index in [1.165, 1.54) is 42.2 Å². The molecule has 0 spiro atoms. The Bertz CT molecular complexity index is 1540. The number of aromatic nitrogens is 1. The smallest absolute Gasteiger partial charge is 1.00 e. The normalized spacial score (nSPS) is 14.1. The van der Waals surface area contributed by atoms with Crippen molar-refractivity contribution in [1.82, 2.24) is 4.98 Å². The van der Waals surface area contributed by atoms with E-state index < -0.39 is 5.60 Å². The number of benzene rings is 3. The first-order valence-corrected chi connectivity index (χ1v) is 15.4. The number of nitrogens with zero attached hydrogens (tertiary/aromatic N) is 1. The number of rotatable bonds is 11. The van der Waals surface area contributed by atoms with Crippen LogP contribution in [0.4, 0.5) is 0 Å². The summed E-state index contributed by atoms with van der Waals surface area (Å²) in [6, 6.07) is 27.2. The van der Waals surface area contributed by atoms with Crippen LogP contribution in [-0.2, 0) is 21.6 Å². The van der Waals surface area contributed by atoms with Crippen LogP contribution in [0, 0.1) is 5.92 Å². The van der Waals surface area contributed by atoms with Crippen LogP contribution in [0.1, 0.15) is 74.7 Å². The number of esters is 1. The predicted octanol–water partition coefficient (Wildman–Crippen LogP) is 6.79. The number of hydrogen-bond acceptors (Lipinski definition) is 4. The van der Waals surface area contributed by atoms with Gasteiger partial charge in [0, 0.05) is 22.6 Å². The third-order valence-corrected chi connectivity index (χ3v) is 9.18. The zero-order valence-corrected chi connectivity index (χ0v) is 28.0. The summed E-state index contributed by atoms with van der Waals surface area (Å²) in [6.07, 6.45) is 8.86. The number of fused-ring (bicyclic) bond motifs is 1. The second-order valence-electron chi connectivity index (χ2n) is 11.1. The van der Waals surface area contributed by atoms with Gasteiger partial charge in [-0.1, -0.05) is 78.3 Å². The summed E-state index contributed by atoms with van der Waals surface area (Å²) in [6.45, 7) is 5.42. The molecule has 1 atom stereocenters. The quantitative estimate of drug-likeness (QED) is 0.142. The molecule has 208 valence electrons. The van der Waals surface area contributed by atoms with Gasteiger partial charge in [0.15, 0.2) is 0 Å². The zero-order chi connectivity index (χ0) is 28.1. The molecule has 0 bridgehead atoms. The van der Waals surface area contributed by atoms with Crippen molar-refractivity contribution in [2.24, 2.45) is 5.92 Å². The summed E-state index contributed by atoms with van der Waals surface area (Å²) >= 11 is 8.26. The zero-order valence-electron chi connectivity index (χ0n) is 25.4. The number of thioether (sulfide) groups is 1. The number of carbonyl (C=O) groups is 1. The summed E-state index contributed by atoms with van der Waals surface area (Å²) in [5.74, 6) is 1.80. The van der Waals surface area contributed by atoms with Crippen molar-refractivity contribution in [3.8, 4) is 0 Å². The molecule has 1 aliphatic carbocycles. The van der Waals surface area contributed by atoms with E-state index in [1.54, 1.807) is 0 Å². The van der Waals surface area contributed by atoms with Crippen LogP contribution in [0.25, 0.3) is 23.1 Å². The summed E-state index contributed by atoms with van der Waals surface area (Å²) in [5, 5.41) is 2.16.